The number of pyridine rings is 1. The van der Waals surface area contributed by atoms with Gasteiger partial charge in [-0.15, -0.1) is 11.3 Å². The van der Waals surface area contributed by atoms with Crippen LogP contribution in [0.4, 0.5) is 0 Å². The molecule has 0 spiro atoms. The van der Waals surface area contributed by atoms with Crippen molar-refractivity contribution in [3.05, 3.63) is 143 Å². The van der Waals surface area contributed by atoms with Crippen LogP contribution in [0.15, 0.2) is 121 Å². The molecule has 10 rings (SSSR count). The zero-order valence-electron chi connectivity index (χ0n) is 26.7. The van der Waals surface area contributed by atoms with Crippen molar-refractivity contribution in [2.75, 3.05) is 0 Å². The van der Waals surface area contributed by atoms with E-state index >= 15 is 0 Å². The number of aryl methyl sites for hydroxylation is 2. The minimum Gasteiger partial charge on any atom is -0.246 e. The Labute approximate surface area is 288 Å². The van der Waals surface area contributed by atoms with Crippen molar-refractivity contribution >= 4 is 56.1 Å². The quantitative estimate of drug-likeness (QED) is 0.141. The van der Waals surface area contributed by atoms with Gasteiger partial charge in [0.25, 0.3) is 0 Å². The summed E-state index contributed by atoms with van der Waals surface area (Å²) in [6.07, 6.45) is 13.3. The van der Waals surface area contributed by atoms with Crippen LogP contribution in [0, 0.1) is 0 Å². The van der Waals surface area contributed by atoms with Crippen molar-refractivity contribution in [3.8, 4) is 44.6 Å². The smallest absolute Gasteiger partial charge is 0.174 e. The number of fused-ring (bicyclic) bond motifs is 7. The van der Waals surface area contributed by atoms with Crippen LogP contribution < -0.4 is 0 Å². The van der Waals surface area contributed by atoms with Gasteiger partial charge >= 0.3 is 0 Å². The van der Waals surface area contributed by atoms with E-state index < -0.39 is 0 Å². The molecule has 3 aromatic heterocycles. The van der Waals surface area contributed by atoms with Crippen LogP contribution in [0.3, 0.4) is 0 Å². The van der Waals surface area contributed by atoms with E-state index in [2.05, 4.69) is 115 Å². The Morgan fingerprint density at radius 3 is 2.00 bits per heavy atom. The molecule has 0 unspecified atom stereocenters. The average Bonchev–Trinajstić information content (AvgIpc) is 3.62. The molecule has 0 bridgehead atoms. The first kappa shape index (κ1) is 28.3. The Morgan fingerprint density at radius 1 is 0.490 bits per heavy atom. The zero-order valence-corrected chi connectivity index (χ0v) is 27.5. The topological polar surface area (TPSA) is 51.6 Å². The number of nitrogens with zero attached hydrogens (tertiary/aromatic N) is 4. The number of rotatable bonds is 4. The largest absolute Gasteiger partial charge is 0.246 e. The van der Waals surface area contributed by atoms with Crippen molar-refractivity contribution in [3.63, 3.8) is 0 Å². The molecule has 232 valence electrons. The van der Waals surface area contributed by atoms with Crippen LogP contribution in [0.2, 0.25) is 0 Å². The first-order chi connectivity index (χ1) is 24.3. The van der Waals surface area contributed by atoms with Gasteiger partial charge in [-0.1, -0.05) is 121 Å². The van der Waals surface area contributed by atoms with E-state index in [9.17, 15) is 0 Å². The van der Waals surface area contributed by atoms with Crippen molar-refractivity contribution in [2.45, 2.75) is 25.7 Å². The van der Waals surface area contributed by atoms with E-state index in [-0.39, 0.29) is 0 Å². The minimum absolute atomic E-state index is 0.673. The van der Waals surface area contributed by atoms with Gasteiger partial charge in [-0.05, 0) is 59.9 Å². The third-order valence-electron chi connectivity index (χ3n) is 9.85. The molecule has 5 aromatic carbocycles. The first-order valence-electron chi connectivity index (χ1n) is 16.9. The van der Waals surface area contributed by atoms with Crippen LogP contribution in [0.1, 0.15) is 34.4 Å². The lowest BCUT2D eigenvalue weighted by Crippen LogP contribution is -2.00. The molecule has 2 aliphatic carbocycles. The summed E-state index contributed by atoms with van der Waals surface area (Å²) in [6, 6.07) is 38.8. The monoisotopic (exact) mass is 646 g/mol. The van der Waals surface area contributed by atoms with Gasteiger partial charge in [0, 0.05) is 43.3 Å². The summed E-state index contributed by atoms with van der Waals surface area (Å²) >= 11 is 1.76. The van der Waals surface area contributed by atoms with E-state index in [1.807, 2.05) is 18.2 Å². The van der Waals surface area contributed by atoms with E-state index in [1.165, 1.54) is 43.3 Å². The second-order valence-electron chi connectivity index (χ2n) is 12.8. The minimum atomic E-state index is 0.673. The molecule has 4 nitrogen and oxygen atoms in total. The molecule has 3 heterocycles. The molecule has 0 radical (unpaired) electrons. The lowest BCUT2D eigenvalue weighted by molar-refractivity contribution is 0.988. The van der Waals surface area contributed by atoms with Crippen LogP contribution >= 0.6 is 11.3 Å². The van der Waals surface area contributed by atoms with Gasteiger partial charge in [0.1, 0.15) is 0 Å². The lowest BCUT2D eigenvalue weighted by Gasteiger charge is -2.18. The number of thiophene rings is 1. The van der Waals surface area contributed by atoms with E-state index in [0.717, 1.165) is 69.5 Å². The summed E-state index contributed by atoms with van der Waals surface area (Å²) in [5, 5.41) is 4.70. The Kier molecular flexibility index (Phi) is 6.59. The average molecular weight is 647 g/mol. The molecule has 0 aliphatic heterocycles. The highest BCUT2D eigenvalue weighted by atomic mass is 32.1. The van der Waals surface area contributed by atoms with Gasteiger partial charge in [-0.2, -0.15) is 0 Å². The molecule has 2 aliphatic rings. The fourth-order valence-corrected chi connectivity index (χ4v) is 8.47. The van der Waals surface area contributed by atoms with Gasteiger partial charge < -0.3 is 0 Å². The molecule has 0 N–H and O–H groups in total. The maximum Gasteiger partial charge on any atom is 0.174 e. The molecular formula is C44H30N4S. The summed E-state index contributed by atoms with van der Waals surface area (Å²) in [5.41, 5.74) is 10.4. The lowest BCUT2D eigenvalue weighted by atomic mass is 9.89. The number of hydrogen-bond acceptors (Lipinski definition) is 5. The van der Waals surface area contributed by atoms with Gasteiger partial charge in [0.15, 0.2) is 17.5 Å². The summed E-state index contributed by atoms with van der Waals surface area (Å²) in [4.78, 5) is 22.8. The highest BCUT2D eigenvalue weighted by molar-refractivity contribution is 7.16. The van der Waals surface area contributed by atoms with Crippen molar-refractivity contribution in [2.24, 2.45) is 0 Å². The van der Waals surface area contributed by atoms with Crippen molar-refractivity contribution in [1.29, 1.82) is 0 Å². The fraction of sp³-hybridized carbons (Fsp3) is 0.0909. The maximum atomic E-state index is 5.39. The maximum absolute atomic E-state index is 5.39. The molecule has 8 aromatic rings. The summed E-state index contributed by atoms with van der Waals surface area (Å²) < 4.78 is 0. The summed E-state index contributed by atoms with van der Waals surface area (Å²) in [6.45, 7) is 0. The number of hydrogen-bond donors (Lipinski definition) is 0. The van der Waals surface area contributed by atoms with Crippen LogP contribution in [0.25, 0.3) is 89.3 Å². The van der Waals surface area contributed by atoms with Crippen molar-refractivity contribution in [1.82, 2.24) is 19.9 Å². The zero-order chi connectivity index (χ0) is 32.3. The SMILES string of the molecule is C1=Cc2sc(-c3nc(-c4ccccc4)nc(-c4ccc(-c5c6ccc7c(c6nc6c5ccc5ccccc56)C=CCC7)cc4)n3)cc2CC1. The molecule has 0 atom stereocenters. The number of aromatic nitrogens is 4. The van der Waals surface area contributed by atoms with Crippen LogP contribution in [-0.4, -0.2) is 19.9 Å². The molecule has 0 saturated heterocycles. The normalized spacial score (nSPS) is 13.6. The van der Waals surface area contributed by atoms with Crippen LogP contribution in [-0.2, 0) is 12.8 Å². The number of benzene rings is 5. The molecule has 5 heteroatoms. The Morgan fingerprint density at radius 2 is 1.16 bits per heavy atom. The molecule has 0 amide bonds. The number of allylic oxidation sites excluding steroid dienone is 2. The highest BCUT2D eigenvalue weighted by Gasteiger charge is 2.20. The Balaban J connectivity index is 1.15. The second-order valence-corrected chi connectivity index (χ2v) is 13.9. The third kappa shape index (κ3) is 4.81. The van der Waals surface area contributed by atoms with Gasteiger partial charge in [0.2, 0.25) is 0 Å². The first-order valence-corrected chi connectivity index (χ1v) is 17.7. The van der Waals surface area contributed by atoms with E-state index in [4.69, 9.17) is 19.9 Å². The predicted octanol–water partition coefficient (Wildman–Crippen LogP) is 11.4. The van der Waals surface area contributed by atoms with Gasteiger partial charge in [-0.25, -0.2) is 19.9 Å². The van der Waals surface area contributed by atoms with Crippen LogP contribution in [0.5, 0.6) is 0 Å². The van der Waals surface area contributed by atoms with Gasteiger partial charge in [0.05, 0.1) is 15.9 Å². The predicted molar refractivity (Wildman–Crippen MR) is 204 cm³/mol. The Hall–Kier alpha value is -5.78. The third-order valence-corrected chi connectivity index (χ3v) is 11.0. The molecular weight excluding hydrogens is 617 g/mol. The fourth-order valence-electron chi connectivity index (χ4n) is 7.40. The summed E-state index contributed by atoms with van der Waals surface area (Å²) in [7, 11) is 0. The molecule has 49 heavy (non-hydrogen) atoms. The highest BCUT2D eigenvalue weighted by Crippen LogP contribution is 2.41. The Bertz CT molecular complexity index is 2650. The second kappa shape index (κ2) is 11.4. The summed E-state index contributed by atoms with van der Waals surface area (Å²) in [5.74, 6) is 2.07. The van der Waals surface area contributed by atoms with Gasteiger partial charge in [-0.3, -0.25) is 0 Å². The van der Waals surface area contributed by atoms with E-state index in [1.54, 1.807) is 11.3 Å². The van der Waals surface area contributed by atoms with E-state index in [0.29, 0.717) is 11.6 Å². The standard InChI is InChI=1S/C44H30N4S/c1-2-12-30(13-3-1)42-46-43(48-44(47-42)38-26-32-14-6-9-17-37(32)49-38)31-20-18-29(19-21-31)39-35-24-22-27-10-4-7-15-33(27)40(35)45-41-34-16-8-5-11-28(34)23-25-36(39)41/h1-4,7-10,12-13,15-26H,5-6,11,14H2. The molecule has 0 fully saturated rings. The van der Waals surface area contributed by atoms with Crippen molar-refractivity contribution < 1.29 is 0 Å². The molecule has 0 saturated carbocycles.